The van der Waals surface area contributed by atoms with Gasteiger partial charge in [-0.3, -0.25) is 0 Å². The van der Waals surface area contributed by atoms with E-state index in [0.717, 1.165) is 0 Å². The highest BCUT2D eigenvalue weighted by molar-refractivity contribution is 7.14. The molecule has 4 nitrogen and oxygen atoms in total. The van der Waals surface area contributed by atoms with Gasteiger partial charge in [0.1, 0.15) is 10.4 Å². The van der Waals surface area contributed by atoms with Gasteiger partial charge in [0.25, 0.3) is 0 Å². The smallest absolute Gasteiger partial charge is 0.338 e. The maximum Gasteiger partial charge on any atom is 0.338 e. The van der Waals surface area contributed by atoms with Crippen molar-refractivity contribution >= 4 is 51.6 Å². The Morgan fingerprint density at radius 1 is 1.37 bits per heavy atom. The lowest BCUT2D eigenvalue weighted by molar-refractivity contribution is 0.0699. The van der Waals surface area contributed by atoms with Gasteiger partial charge in [-0.05, 0) is 17.5 Å². The Bertz CT molecular complexity index is 793. The standard InChI is InChI=1S/C12H5Cl2NO3S/c13-5-3-6(12(16)17)9-8(4-5)18-11(15-9)10-7(14)1-2-19-10/h1-4H,(H,16,17). The lowest BCUT2D eigenvalue weighted by Gasteiger charge is -1.95. The van der Waals surface area contributed by atoms with E-state index in [-0.39, 0.29) is 16.1 Å². The summed E-state index contributed by atoms with van der Waals surface area (Å²) in [6.45, 7) is 0. The molecule has 7 heteroatoms. The van der Waals surface area contributed by atoms with Crippen LogP contribution in [0.1, 0.15) is 10.4 Å². The Balaban J connectivity index is 2.29. The second-order valence-electron chi connectivity index (χ2n) is 3.72. The predicted octanol–water partition coefficient (Wildman–Crippen LogP) is 4.56. The van der Waals surface area contributed by atoms with Crippen LogP contribution in [0.4, 0.5) is 0 Å². The fourth-order valence-electron chi connectivity index (χ4n) is 1.70. The Morgan fingerprint density at radius 2 is 2.16 bits per heavy atom. The van der Waals surface area contributed by atoms with E-state index in [1.165, 1.54) is 23.5 Å². The number of hydrogen-bond acceptors (Lipinski definition) is 4. The van der Waals surface area contributed by atoms with Crippen LogP contribution in [0, 0.1) is 0 Å². The second-order valence-corrected chi connectivity index (χ2v) is 5.48. The number of rotatable bonds is 2. The van der Waals surface area contributed by atoms with E-state index >= 15 is 0 Å². The molecule has 0 radical (unpaired) electrons. The SMILES string of the molecule is O=C(O)c1cc(Cl)cc2oc(-c3sccc3Cl)nc12. The number of carboxylic acids is 1. The van der Waals surface area contributed by atoms with Crippen molar-refractivity contribution < 1.29 is 14.3 Å². The number of hydrogen-bond donors (Lipinski definition) is 1. The third kappa shape index (κ3) is 2.10. The minimum atomic E-state index is -1.11. The van der Waals surface area contributed by atoms with Gasteiger partial charge >= 0.3 is 5.97 Å². The third-order valence-electron chi connectivity index (χ3n) is 2.50. The largest absolute Gasteiger partial charge is 0.478 e. The molecule has 1 N–H and O–H groups in total. The molecule has 0 bridgehead atoms. The van der Waals surface area contributed by atoms with E-state index in [0.29, 0.717) is 21.4 Å². The second kappa shape index (κ2) is 4.52. The van der Waals surface area contributed by atoms with Crippen LogP contribution in [0.15, 0.2) is 28.0 Å². The maximum atomic E-state index is 11.2. The lowest BCUT2D eigenvalue weighted by Crippen LogP contribution is -1.97. The van der Waals surface area contributed by atoms with Crippen LogP contribution in [0.25, 0.3) is 21.9 Å². The van der Waals surface area contributed by atoms with E-state index in [4.69, 9.17) is 32.7 Å². The summed E-state index contributed by atoms with van der Waals surface area (Å²) in [5, 5.41) is 11.7. The Labute approximate surface area is 121 Å². The highest BCUT2D eigenvalue weighted by Gasteiger charge is 2.18. The van der Waals surface area contributed by atoms with E-state index in [1.54, 1.807) is 11.4 Å². The lowest BCUT2D eigenvalue weighted by atomic mass is 10.2. The first-order valence-electron chi connectivity index (χ1n) is 5.13. The zero-order valence-corrected chi connectivity index (χ0v) is 11.5. The van der Waals surface area contributed by atoms with Gasteiger partial charge in [-0.1, -0.05) is 23.2 Å². The molecule has 19 heavy (non-hydrogen) atoms. The minimum absolute atomic E-state index is 0.00479. The Kier molecular flexibility index (Phi) is 2.97. The van der Waals surface area contributed by atoms with Crippen LogP contribution in [0.2, 0.25) is 10.0 Å². The molecule has 0 aliphatic carbocycles. The summed E-state index contributed by atoms with van der Waals surface area (Å²) in [5.74, 6) is -0.815. The first-order chi connectivity index (χ1) is 9.06. The molecule has 96 valence electrons. The summed E-state index contributed by atoms with van der Waals surface area (Å²) >= 11 is 13.2. The van der Waals surface area contributed by atoms with Crippen LogP contribution < -0.4 is 0 Å². The number of oxazole rings is 1. The summed E-state index contributed by atoms with van der Waals surface area (Å²) in [4.78, 5) is 16.0. The fraction of sp³-hybridized carbons (Fsp3) is 0. The molecule has 3 rings (SSSR count). The molecule has 0 saturated heterocycles. The molecular weight excluding hydrogens is 309 g/mol. The zero-order chi connectivity index (χ0) is 13.6. The van der Waals surface area contributed by atoms with Crippen molar-refractivity contribution in [1.29, 1.82) is 0 Å². The van der Waals surface area contributed by atoms with Gasteiger partial charge in [-0.25, -0.2) is 9.78 Å². The van der Waals surface area contributed by atoms with Gasteiger partial charge < -0.3 is 9.52 Å². The molecule has 0 saturated carbocycles. The van der Waals surface area contributed by atoms with Crippen LogP contribution >= 0.6 is 34.5 Å². The number of aromatic nitrogens is 1. The number of carboxylic acid groups (broad SMARTS) is 1. The van der Waals surface area contributed by atoms with Crippen molar-refractivity contribution in [2.24, 2.45) is 0 Å². The summed E-state index contributed by atoms with van der Waals surface area (Å²) in [6, 6.07) is 4.59. The Morgan fingerprint density at radius 3 is 2.79 bits per heavy atom. The van der Waals surface area contributed by atoms with Crippen molar-refractivity contribution in [1.82, 2.24) is 4.98 Å². The van der Waals surface area contributed by atoms with Crippen molar-refractivity contribution in [2.45, 2.75) is 0 Å². The van der Waals surface area contributed by atoms with E-state index in [9.17, 15) is 4.79 Å². The van der Waals surface area contributed by atoms with Crippen LogP contribution in [0.5, 0.6) is 0 Å². The molecule has 1 aromatic carbocycles. The van der Waals surface area contributed by atoms with E-state index in [2.05, 4.69) is 4.98 Å². The molecule has 0 aliphatic rings. The third-order valence-corrected chi connectivity index (χ3v) is 4.05. The number of thiophene rings is 1. The zero-order valence-electron chi connectivity index (χ0n) is 9.18. The molecule has 3 aromatic rings. The van der Waals surface area contributed by atoms with E-state index < -0.39 is 5.97 Å². The first kappa shape index (κ1) is 12.5. The molecule has 0 spiro atoms. The van der Waals surface area contributed by atoms with Gasteiger partial charge in [0.2, 0.25) is 5.89 Å². The van der Waals surface area contributed by atoms with Crippen LogP contribution in [0.3, 0.4) is 0 Å². The van der Waals surface area contributed by atoms with Crippen molar-refractivity contribution in [3.63, 3.8) is 0 Å². The van der Waals surface area contributed by atoms with Gasteiger partial charge in [0, 0.05) is 11.1 Å². The highest BCUT2D eigenvalue weighted by Crippen LogP contribution is 2.35. The maximum absolute atomic E-state index is 11.2. The number of aromatic carboxylic acids is 1. The molecular formula is C12H5Cl2NO3S. The molecule has 0 aliphatic heterocycles. The number of benzene rings is 1. The van der Waals surface area contributed by atoms with Gasteiger partial charge in [0.15, 0.2) is 5.58 Å². The molecule has 0 atom stereocenters. The summed E-state index contributed by atoms with van der Waals surface area (Å²) in [5.41, 5.74) is 0.589. The molecule has 0 unspecified atom stereocenters. The normalized spacial score (nSPS) is 11.1. The topological polar surface area (TPSA) is 63.3 Å². The van der Waals surface area contributed by atoms with Crippen molar-refractivity contribution in [3.8, 4) is 10.8 Å². The molecule has 0 fully saturated rings. The van der Waals surface area contributed by atoms with Gasteiger partial charge in [-0.15, -0.1) is 11.3 Å². The number of fused-ring (bicyclic) bond motifs is 1. The monoisotopic (exact) mass is 313 g/mol. The van der Waals surface area contributed by atoms with Gasteiger partial charge in [-0.2, -0.15) is 0 Å². The first-order valence-corrected chi connectivity index (χ1v) is 6.76. The number of carbonyl (C=O) groups is 1. The summed E-state index contributed by atoms with van der Waals surface area (Å²) < 4.78 is 5.53. The number of halogens is 2. The van der Waals surface area contributed by atoms with Crippen molar-refractivity contribution in [3.05, 3.63) is 39.2 Å². The summed E-state index contributed by atoms with van der Waals surface area (Å²) in [6.07, 6.45) is 0. The quantitative estimate of drug-likeness (QED) is 0.753. The molecule has 2 aromatic heterocycles. The van der Waals surface area contributed by atoms with Crippen LogP contribution in [-0.4, -0.2) is 16.1 Å². The minimum Gasteiger partial charge on any atom is -0.478 e. The van der Waals surface area contributed by atoms with Crippen LogP contribution in [-0.2, 0) is 0 Å². The average molecular weight is 314 g/mol. The summed E-state index contributed by atoms with van der Waals surface area (Å²) in [7, 11) is 0. The van der Waals surface area contributed by atoms with E-state index in [1.807, 2.05) is 0 Å². The predicted molar refractivity (Wildman–Crippen MR) is 74.3 cm³/mol. The van der Waals surface area contributed by atoms with Gasteiger partial charge in [0.05, 0.1) is 10.6 Å². The Hall–Kier alpha value is -1.56. The highest BCUT2D eigenvalue weighted by atomic mass is 35.5. The average Bonchev–Trinajstić information content (AvgIpc) is 2.93. The van der Waals surface area contributed by atoms with Crippen molar-refractivity contribution in [2.75, 3.05) is 0 Å². The molecule has 0 amide bonds. The fourth-order valence-corrected chi connectivity index (χ4v) is 2.97. The molecule has 2 heterocycles. The number of nitrogens with zero attached hydrogens (tertiary/aromatic N) is 1.